The van der Waals surface area contributed by atoms with E-state index >= 15 is 0 Å². The molecule has 0 bridgehead atoms. The molecule has 2 unspecified atom stereocenters. The van der Waals surface area contributed by atoms with E-state index in [4.69, 9.17) is 0 Å². The van der Waals surface area contributed by atoms with E-state index in [2.05, 4.69) is 15.9 Å². The minimum Gasteiger partial charge on any atom is -0.393 e. The second-order valence-corrected chi connectivity index (χ2v) is 6.03. The summed E-state index contributed by atoms with van der Waals surface area (Å²) in [5.74, 6) is -0.438. The Morgan fingerprint density at radius 2 is 2.30 bits per heavy atom. The van der Waals surface area contributed by atoms with Gasteiger partial charge in [-0.15, -0.1) is 0 Å². The minimum atomic E-state index is -0.361. The normalized spacial score (nSPS) is 23.3. The lowest BCUT2D eigenvalue weighted by molar-refractivity contribution is -0.129. The summed E-state index contributed by atoms with van der Waals surface area (Å²) in [5, 5.41) is 9.64. The number of carbonyl (C=O) groups is 1. The van der Waals surface area contributed by atoms with Gasteiger partial charge in [-0.1, -0.05) is 22.9 Å². The molecule has 1 aliphatic rings. The summed E-state index contributed by atoms with van der Waals surface area (Å²) in [5.41, 5.74) is 0.373. The number of rotatable bonds is 2. The quantitative estimate of drug-likeness (QED) is 0.840. The van der Waals surface area contributed by atoms with Crippen molar-refractivity contribution in [3.05, 3.63) is 40.1 Å². The number of aliphatic hydroxyl groups is 1. The third kappa shape index (κ3) is 3.67. The van der Waals surface area contributed by atoms with Crippen LogP contribution in [-0.4, -0.2) is 35.1 Å². The van der Waals surface area contributed by atoms with Crippen molar-refractivity contribution in [3.8, 4) is 0 Å². The van der Waals surface area contributed by atoms with Crippen molar-refractivity contribution in [1.29, 1.82) is 0 Å². The molecule has 1 amide bonds. The van der Waals surface area contributed by atoms with Crippen LogP contribution in [0.25, 0.3) is 6.08 Å². The molecule has 0 aromatic heterocycles. The molecule has 0 spiro atoms. The van der Waals surface area contributed by atoms with Crippen LogP contribution in [0.1, 0.15) is 18.9 Å². The number of likely N-dealkylation sites (tertiary alicyclic amines) is 1. The van der Waals surface area contributed by atoms with E-state index in [9.17, 15) is 14.3 Å². The zero-order valence-corrected chi connectivity index (χ0v) is 12.8. The maximum Gasteiger partial charge on any atom is 0.246 e. The molecule has 1 N–H and O–H groups in total. The predicted octanol–water partition coefficient (Wildman–Crippen LogP) is 2.83. The van der Waals surface area contributed by atoms with Gasteiger partial charge in [-0.25, -0.2) is 4.39 Å². The third-order valence-corrected chi connectivity index (χ3v) is 4.03. The van der Waals surface area contributed by atoms with Crippen LogP contribution in [0.15, 0.2) is 28.7 Å². The van der Waals surface area contributed by atoms with Crippen LogP contribution in [0.3, 0.4) is 0 Å². The van der Waals surface area contributed by atoms with Gasteiger partial charge >= 0.3 is 0 Å². The molecule has 1 saturated heterocycles. The Morgan fingerprint density at radius 1 is 1.55 bits per heavy atom. The van der Waals surface area contributed by atoms with Crippen molar-refractivity contribution < 1.29 is 14.3 Å². The van der Waals surface area contributed by atoms with Gasteiger partial charge in [0.1, 0.15) is 5.82 Å². The number of nitrogens with zero attached hydrogens (tertiary/aromatic N) is 1. The maximum atomic E-state index is 13.5. The van der Waals surface area contributed by atoms with Gasteiger partial charge in [0.05, 0.1) is 6.10 Å². The lowest BCUT2D eigenvalue weighted by atomic mass is 9.97. The highest BCUT2D eigenvalue weighted by molar-refractivity contribution is 9.10. The summed E-state index contributed by atoms with van der Waals surface area (Å²) < 4.78 is 14.3. The molecular weight excluding hydrogens is 325 g/mol. The second kappa shape index (κ2) is 6.50. The van der Waals surface area contributed by atoms with Gasteiger partial charge in [0.15, 0.2) is 0 Å². The summed E-state index contributed by atoms with van der Waals surface area (Å²) in [6, 6.07) is 4.59. The monoisotopic (exact) mass is 341 g/mol. The lowest BCUT2D eigenvalue weighted by Gasteiger charge is -2.33. The molecular formula is C15H17BrFNO2. The van der Waals surface area contributed by atoms with Crippen LogP contribution in [0, 0.1) is 11.7 Å². The van der Waals surface area contributed by atoms with E-state index in [-0.39, 0.29) is 23.7 Å². The topological polar surface area (TPSA) is 40.5 Å². The second-order valence-electron chi connectivity index (χ2n) is 5.12. The highest BCUT2D eigenvalue weighted by Gasteiger charge is 2.25. The molecule has 2 atom stereocenters. The van der Waals surface area contributed by atoms with Crippen LogP contribution in [0.2, 0.25) is 0 Å². The molecule has 0 saturated carbocycles. The number of carbonyl (C=O) groups excluding carboxylic acids is 1. The summed E-state index contributed by atoms with van der Waals surface area (Å²) in [4.78, 5) is 13.7. The first-order valence-corrected chi connectivity index (χ1v) is 7.37. The van der Waals surface area contributed by atoms with Gasteiger partial charge in [0, 0.05) is 29.2 Å². The van der Waals surface area contributed by atoms with Gasteiger partial charge in [0.2, 0.25) is 5.91 Å². The van der Waals surface area contributed by atoms with E-state index in [0.717, 1.165) is 4.47 Å². The van der Waals surface area contributed by atoms with Gasteiger partial charge < -0.3 is 10.0 Å². The van der Waals surface area contributed by atoms with Gasteiger partial charge in [-0.05, 0) is 36.6 Å². The first kappa shape index (κ1) is 15.2. The summed E-state index contributed by atoms with van der Waals surface area (Å²) in [6.45, 7) is 2.99. The first-order chi connectivity index (χ1) is 9.47. The van der Waals surface area contributed by atoms with Crippen molar-refractivity contribution in [1.82, 2.24) is 4.90 Å². The number of hydrogen-bond acceptors (Lipinski definition) is 2. The number of piperidine rings is 1. The molecule has 1 aromatic carbocycles. The molecule has 2 rings (SSSR count). The fraction of sp³-hybridized carbons (Fsp3) is 0.400. The zero-order valence-electron chi connectivity index (χ0n) is 11.2. The molecule has 0 radical (unpaired) electrons. The highest BCUT2D eigenvalue weighted by Crippen LogP contribution is 2.19. The summed E-state index contributed by atoms with van der Waals surface area (Å²) in [7, 11) is 0. The molecule has 1 aromatic rings. The van der Waals surface area contributed by atoms with E-state index in [1.807, 2.05) is 6.92 Å². The van der Waals surface area contributed by atoms with Crippen molar-refractivity contribution in [2.75, 3.05) is 13.1 Å². The maximum absolute atomic E-state index is 13.5. The SMILES string of the molecule is CC1CN(C(=O)/C=C/c2cc(Br)ccc2F)CCC1O. The van der Waals surface area contributed by atoms with Crippen LogP contribution in [0.4, 0.5) is 4.39 Å². The number of hydrogen-bond donors (Lipinski definition) is 1. The molecule has 0 aliphatic carbocycles. The molecule has 3 nitrogen and oxygen atoms in total. The molecule has 1 aliphatic heterocycles. The number of halogens is 2. The summed E-state index contributed by atoms with van der Waals surface area (Å²) in [6.07, 6.45) is 3.12. The Balaban J connectivity index is 2.04. The Labute approximate surface area is 126 Å². The average Bonchev–Trinajstić information content (AvgIpc) is 2.42. The number of benzene rings is 1. The predicted molar refractivity (Wildman–Crippen MR) is 79.5 cm³/mol. The van der Waals surface area contributed by atoms with Crippen molar-refractivity contribution in [2.45, 2.75) is 19.4 Å². The Kier molecular flexibility index (Phi) is 4.94. The highest BCUT2D eigenvalue weighted by atomic mass is 79.9. The Morgan fingerprint density at radius 3 is 3.00 bits per heavy atom. The van der Waals surface area contributed by atoms with Crippen molar-refractivity contribution in [2.24, 2.45) is 5.92 Å². The smallest absolute Gasteiger partial charge is 0.246 e. The Bertz CT molecular complexity index is 533. The number of aliphatic hydroxyl groups excluding tert-OH is 1. The zero-order chi connectivity index (χ0) is 14.7. The molecule has 1 heterocycles. The largest absolute Gasteiger partial charge is 0.393 e. The van der Waals surface area contributed by atoms with Gasteiger partial charge in [-0.2, -0.15) is 0 Å². The fourth-order valence-corrected chi connectivity index (χ4v) is 2.62. The van der Waals surface area contributed by atoms with E-state index in [1.54, 1.807) is 17.0 Å². The molecule has 20 heavy (non-hydrogen) atoms. The minimum absolute atomic E-state index is 0.0729. The van der Waals surface area contributed by atoms with E-state index in [0.29, 0.717) is 25.1 Å². The molecule has 108 valence electrons. The third-order valence-electron chi connectivity index (χ3n) is 3.54. The van der Waals surface area contributed by atoms with Crippen LogP contribution < -0.4 is 0 Å². The molecule has 1 fully saturated rings. The van der Waals surface area contributed by atoms with Crippen molar-refractivity contribution >= 4 is 27.9 Å². The summed E-state index contributed by atoms with van der Waals surface area (Å²) >= 11 is 3.27. The molecule has 5 heteroatoms. The van der Waals surface area contributed by atoms with Gasteiger partial charge in [-0.3, -0.25) is 4.79 Å². The van der Waals surface area contributed by atoms with Crippen molar-refractivity contribution in [3.63, 3.8) is 0 Å². The van der Waals surface area contributed by atoms with Crippen LogP contribution in [0.5, 0.6) is 0 Å². The fourth-order valence-electron chi connectivity index (χ4n) is 2.24. The van der Waals surface area contributed by atoms with E-state index < -0.39 is 0 Å². The standard InChI is InChI=1S/C15H17BrFNO2/c1-10-9-18(7-6-14(10)19)15(20)5-2-11-8-12(16)3-4-13(11)17/h2-5,8,10,14,19H,6-7,9H2,1H3/b5-2+. The van der Waals surface area contributed by atoms with Crippen LogP contribution >= 0.6 is 15.9 Å². The Hall–Kier alpha value is -1.20. The van der Waals surface area contributed by atoms with E-state index in [1.165, 1.54) is 18.2 Å². The van der Waals surface area contributed by atoms with Gasteiger partial charge in [0.25, 0.3) is 0 Å². The van der Waals surface area contributed by atoms with Crippen LogP contribution in [-0.2, 0) is 4.79 Å². The lowest BCUT2D eigenvalue weighted by Crippen LogP contribution is -2.44. The number of amides is 1. The first-order valence-electron chi connectivity index (χ1n) is 6.57. The average molecular weight is 342 g/mol.